The Morgan fingerprint density at radius 1 is 1.17 bits per heavy atom. The Labute approximate surface area is 205 Å². The maximum absolute atomic E-state index is 13.7. The predicted molar refractivity (Wildman–Crippen MR) is 131 cm³/mol. The third kappa shape index (κ3) is 4.23. The highest BCUT2D eigenvalue weighted by Crippen LogP contribution is 2.33. The van der Waals surface area contributed by atoms with Crippen molar-refractivity contribution in [2.24, 2.45) is 4.99 Å². The molecule has 0 fully saturated rings. The van der Waals surface area contributed by atoms with Gasteiger partial charge in [-0.1, -0.05) is 29.5 Å². The molecule has 0 radical (unpaired) electrons. The second-order valence-electron chi connectivity index (χ2n) is 8.42. The Bertz CT molecular complexity index is 1510. The van der Waals surface area contributed by atoms with E-state index in [0.717, 1.165) is 11.1 Å². The number of ether oxygens (including phenoxy) is 4. The lowest BCUT2D eigenvalue weighted by molar-refractivity contribution is -0.143. The van der Waals surface area contributed by atoms with Gasteiger partial charge in [0.1, 0.15) is 5.75 Å². The zero-order chi connectivity index (χ0) is 24.7. The van der Waals surface area contributed by atoms with E-state index in [9.17, 15) is 9.59 Å². The second kappa shape index (κ2) is 9.07. The highest BCUT2D eigenvalue weighted by molar-refractivity contribution is 7.07. The number of benzene rings is 2. The number of aromatic nitrogens is 1. The first-order valence-electron chi connectivity index (χ1n) is 11.1. The van der Waals surface area contributed by atoms with Gasteiger partial charge in [0.2, 0.25) is 6.79 Å². The molecule has 1 atom stereocenters. The van der Waals surface area contributed by atoms with Crippen LogP contribution < -0.4 is 29.1 Å². The number of rotatable bonds is 5. The van der Waals surface area contributed by atoms with Gasteiger partial charge in [-0.3, -0.25) is 9.36 Å². The summed E-state index contributed by atoms with van der Waals surface area (Å²) < 4.78 is 23.7. The van der Waals surface area contributed by atoms with Gasteiger partial charge >= 0.3 is 5.97 Å². The fraction of sp³-hybridized carbons (Fsp3) is 0.269. The number of esters is 1. The summed E-state index contributed by atoms with van der Waals surface area (Å²) in [5.41, 5.74) is 2.18. The molecule has 2 aliphatic heterocycles. The van der Waals surface area contributed by atoms with Crippen molar-refractivity contribution >= 4 is 23.4 Å². The number of thiazole rings is 1. The molecule has 0 aliphatic carbocycles. The van der Waals surface area contributed by atoms with Crippen molar-refractivity contribution in [2.75, 3.05) is 13.9 Å². The molecular weight excluding hydrogens is 468 g/mol. The van der Waals surface area contributed by atoms with E-state index in [4.69, 9.17) is 18.9 Å². The molecule has 0 spiro atoms. The molecule has 0 saturated heterocycles. The van der Waals surface area contributed by atoms with Crippen LogP contribution in [0.25, 0.3) is 6.08 Å². The quantitative estimate of drug-likeness (QED) is 0.509. The van der Waals surface area contributed by atoms with Gasteiger partial charge in [0.05, 0.1) is 35.1 Å². The summed E-state index contributed by atoms with van der Waals surface area (Å²) in [4.78, 5) is 32.0. The largest absolute Gasteiger partial charge is 0.497 e. The summed E-state index contributed by atoms with van der Waals surface area (Å²) in [6.45, 7) is 5.52. The fourth-order valence-electron chi connectivity index (χ4n) is 4.12. The van der Waals surface area contributed by atoms with E-state index in [-0.39, 0.29) is 18.5 Å². The van der Waals surface area contributed by atoms with Crippen molar-refractivity contribution in [1.29, 1.82) is 0 Å². The minimum Gasteiger partial charge on any atom is -0.497 e. The van der Waals surface area contributed by atoms with E-state index in [1.54, 1.807) is 50.7 Å². The zero-order valence-corrected chi connectivity index (χ0v) is 20.5. The lowest BCUT2D eigenvalue weighted by atomic mass is 9.96. The van der Waals surface area contributed by atoms with Crippen LogP contribution in [0.4, 0.5) is 0 Å². The van der Waals surface area contributed by atoms with E-state index >= 15 is 0 Å². The summed E-state index contributed by atoms with van der Waals surface area (Å²) in [7, 11) is 1.59. The number of nitrogens with zero attached hydrogens (tertiary/aromatic N) is 2. The standard InChI is InChI=1S/C26H24N2O6S/c1-14(2)34-25(30)22-15(3)27-26-28(23(22)17-6-8-18(31-4)9-7-17)24(29)21(35-26)12-16-5-10-19-20(11-16)33-13-32-19/h5-12,14,23H,13H2,1-4H3. The Morgan fingerprint density at radius 3 is 2.63 bits per heavy atom. The van der Waals surface area contributed by atoms with Crippen molar-refractivity contribution in [2.45, 2.75) is 32.9 Å². The van der Waals surface area contributed by atoms with Gasteiger partial charge in [-0.05, 0) is 62.2 Å². The maximum atomic E-state index is 13.7. The smallest absolute Gasteiger partial charge is 0.338 e. The van der Waals surface area contributed by atoms with E-state index < -0.39 is 12.0 Å². The Kier molecular flexibility index (Phi) is 5.94. The molecule has 180 valence electrons. The molecule has 35 heavy (non-hydrogen) atoms. The molecule has 0 amide bonds. The van der Waals surface area contributed by atoms with Crippen LogP contribution in [0.1, 0.15) is 37.9 Å². The van der Waals surface area contributed by atoms with Crippen LogP contribution in [0.15, 0.2) is 63.5 Å². The average molecular weight is 493 g/mol. The molecule has 8 nitrogen and oxygen atoms in total. The molecular formula is C26H24N2O6S. The van der Waals surface area contributed by atoms with Crippen LogP contribution >= 0.6 is 11.3 Å². The molecule has 2 aromatic carbocycles. The maximum Gasteiger partial charge on any atom is 0.338 e. The molecule has 2 aliphatic rings. The van der Waals surface area contributed by atoms with Crippen molar-refractivity contribution in [3.63, 3.8) is 0 Å². The second-order valence-corrected chi connectivity index (χ2v) is 9.43. The van der Waals surface area contributed by atoms with Crippen LogP contribution in [0.5, 0.6) is 17.2 Å². The highest BCUT2D eigenvalue weighted by Gasteiger charge is 2.33. The molecule has 5 rings (SSSR count). The zero-order valence-electron chi connectivity index (χ0n) is 19.7. The molecule has 1 unspecified atom stereocenters. The van der Waals surface area contributed by atoms with Gasteiger partial charge < -0.3 is 18.9 Å². The van der Waals surface area contributed by atoms with Gasteiger partial charge in [-0.15, -0.1) is 0 Å². The number of carbonyl (C=O) groups excluding carboxylic acids is 1. The molecule has 0 saturated carbocycles. The first-order chi connectivity index (χ1) is 16.9. The topological polar surface area (TPSA) is 88.4 Å². The minimum absolute atomic E-state index is 0.178. The molecule has 9 heteroatoms. The molecule has 0 bridgehead atoms. The Morgan fingerprint density at radius 2 is 1.91 bits per heavy atom. The summed E-state index contributed by atoms with van der Waals surface area (Å²) in [6, 6.07) is 12.1. The average Bonchev–Trinajstić information content (AvgIpc) is 3.41. The molecule has 0 N–H and O–H groups in total. The summed E-state index contributed by atoms with van der Waals surface area (Å²) in [5, 5.41) is 0. The van der Waals surface area contributed by atoms with Crippen LogP contribution in [0, 0.1) is 0 Å². The highest BCUT2D eigenvalue weighted by atomic mass is 32.1. The number of hydrogen-bond acceptors (Lipinski definition) is 8. The van der Waals surface area contributed by atoms with Gasteiger partial charge in [-0.2, -0.15) is 0 Å². The number of hydrogen-bond donors (Lipinski definition) is 0. The number of carbonyl (C=O) groups is 1. The molecule has 1 aromatic heterocycles. The molecule has 3 heterocycles. The van der Waals surface area contributed by atoms with Gasteiger partial charge in [-0.25, -0.2) is 9.79 Å². The Hall–Kier alpha value is -3.85. The van der Waals surface area contributed by atoms with E-state index in [1.165, 1.54) is 11.3 Å². The van der Waals surface area contributed by atoms with Gasteiger partial charge in [0.15, 0.2) is 16.3 Å². The first-order valence-corrected chi connectivity index (χ1v) is 11.9. The van der Waals surface area contributed by atoms with Crippen molar-refractivity contribution in [1.82, 2.24) is 4.57 Å². The normalized spacial score (nSPS) is 16.8. The first kappa shape index (κ1) is 22.9. The van der Waals surface area contributed by atoms with E-state index in [0.29, 0.717) is 37.9 Å². The van der Waals surface area contributed by atoms with Crippen molar-refractivity contribution in [3.05, 3.63) is 84.5 Å². The van der Waals surface area contributed by atoms with Gasteiger partial charge in [0.25, 0.3) is 5.56 Å². The van der Waals surface area contributed by atoms with Crippen molar-refractivity contribution < 1.29 is 23.7 Å². The predicted octanol–water partition coefficient (Wildman–Crippen LogP) is 2.92. The monoisotopic (exact) mass is 492 g/mol. The Balaban J connectivity index is 1.67. The van der Waals surface area contributed by atoms with Gasteiger partial charge in [0, 0.05) is 0 Å². The molecule has 3 aromatic rings. The third-order valence-electron chi connectivity index (χ3n) is 5.71. The third-order valence-corrected chi connectivity index (χ3v) is 6.69. The van der Waals surface area contributed by atoms with Crippen molar-refractivity contribution in [3.8, 4) is 17.2 Å². The number of allylic oxidation sites excluding steroid dienone is 1. The summed E-state index contributed by atoms with van der Waals surface area (Å²) in [6.07, 6.45) is 1.48. The van der Waals surface area contributed by atoms with E-state index in [1.807, 2.05) is 30.3 Å². The van der Waals surface area contributed by atoms with Crippen LogP contribution in [-0.4, -0.2) is 30.5 Å². The van der Waals surface area contributed by atoms with E-state index in [2.05, 4.69) is 4.99 Å². The van der Waals surface area contributed by atoms with Crippen LogP contribution in [-0.2, 0) is 9.53 Å². The van der Waals surface area contributed by atoms with Crippen LogP contribution in [0.2, 0.25) is 0 Å². The fourth-order valence-corrected chi connectivity index (χ4v) is 5.16. The SMILES string of the molecule is COc1ccc(C2C(C(=O)OC(C)C)=C(C)N=c3sc(=Cc4ccc5c(c4)OCO5)c(=O)n32)cc1. The minimum atomic E-state index is -0.678. The number of fused-ring (bicyclic) bond motifs is 2. The summed E-state index contributed by atoms with van der Waals surface area (Å²) >= 11 is 1.27. The lowest BCUT2D eigenvalue weighted by Crippen LogP contribution is -2.40. The number of methoxy groups -OCH3 is 1. The van der Waals surface area contributed by atoms with Crippen LogP contribution in [0.3, 0.4) is 0 Å². The summed E-state index contributed by atoms with van der Waals surface area (Å²) in [5.74, 6) is 1.49. The lowest BCUT2D eigenvalue weighted by Gasteiger charge is -2.25.